The number of hydrogen-bond acceptors (Lipinski definition) is 7. The molecule has 7 heteroatoms. The van der Waals surface area contributed by atoms with Crippen molar-refractivity contribution in [2.24, 2.45) is 5.92 Å². The van der Waals surface area contributed by atoms with Crippen LogP contribution in [0.2, 0.25) is 0 Å². The second-order valence-corrected chi connectivity index (χ2v) is 9.70. The van der Waals surface area contributed by atoms with Crippen LogP contribution in [0.25, 0.3) is 10.2 Å². The summed E-state index contributed by atoms with van der Waals surface area (Å²) in [4.78, 5) is 26.9. The number of carbonyl (C=O) groups is 1. The Labute approximate surface area is 193 Å². The summed E-state index contributed by atoms with van der Waals surface area (Å²) in [6, 6.07) is 10.4. The van der Waals surface area contributed by atoms with Crippen molar-refractivity contribution in [2.45, 2.75) is 52.0 Å². The number of anilines is 2. The number of nitrogens with one attached hydrogen (secondary N) is 1. The fraction of sp³-hybridized carbons (Fsp3) is 0.480. The van der Waals surface area contributed by atoms with Crippen LogP contribution in [0, 0.1) is 5.92 Å². The minimum Gasteiger partial charge on any atom is -0.466 e. The summed E-state index contributed by atoms with van der Waals surface area (Å²) in [6.07, 6.45) is 6.33. The first-order chi connectivity index (χ1) is 15.7. The van der Waals surface area contributed by atoms with Crippen molar-refractivity contribution in [3.63, 3.8) is 0 Å². The van der Waals surface area contributed by atoms with Crippen LogP contribution in [0.4, 0.5) is 11.8 Å². The highest BCUT2D eigenvalue weighted by molar-refractivity contribution is 7.19. The molecular weight excluding hydrogens is 420 g/mol. The number of piperidine rings is 1. The molecule has 3 heterocycles. The first-order valence-electron chi connectivity index (χ1n) is 11.7. The molecule has 1 saturated heterocycles. The van der Waals surface area contributed by atoms with E-state index in [0.717, 1.165) is 61.9 Å². The van der Waals surface area contributed by atoms with E-state index in [-0.39, 0.29) is 11.9 Å². The summed E-state index contributed by atoms with van der Waals surface area (Å²) >= 11 is 1.83. The topological polar surface area (TPSA) is 67.3 Å². The molecule has 0 bridgehead atoms. The van der Waals surface area contributed by atoms with Gasteiger partial charge in [0.15, 0.2) is 0 Å². The van der Waals surface area contributed by atoms with Gasteiger partial charge in [0.25, 0.3) is 0 Å². The predicted molar refractivity (Wildman–Crippen MR) is 129 cm³/mol. The van der Waals surface area contributed by atoms with Gasteiger partial charge in [0.05, 0.1) is 17.9 Å². The van der Waals surface area contributed by atoms with Gasteiger partial charge in [-0.25, -0.2) is 4.98 Å². The smallest absolute Gasteiger partial charge is 0.309 e. The first-order valence-corrected chi connectivity index (χ1v) is 12.6. The molecule has 0 radical (unpaired) electrons. The van der Waals surface area contributed by atoms with E-state index in [2.05, 4.69) is 34.5 Å². The lowest BCUT2D eigenvalue weighted by Crippen LogP contribution is -2.38. The summed E-state index contributed by atoms with van der Waals surface area (Å²) < 4.78 is 5.22. The Hall–Kier alpha value is -2.67. The molecule has 1 aliphatic heterocycles. The van der Waals surface area contributed by atoms with Crippen molar-refractivity contribution in [2.75, 3.05) is 29.9 Å². The number of benzene rings is 1. The highest BCUT2D eigenvalue weighted by atomic mass is 32.1. The quantitative estimate of drug-likeness (QED) is 0.535. The largest absolute Gasteiger partial charge is 0.466 e. The van der Waals surface area contributed by atoms with Crippen LogP contribution in [0.15, 0.2) is 30.3 Å². The van der Waals surface area contributed by atoms with Crippen molar-refractivity contribution in [1.29, 1.82) is 0 Å². The fourth-order valence-electron chi connectivity index (χ4n) is 4.77. The van der Waals surface area contributed by atoms with Crippen LogP contribution in [0.3, 0.4) is 0 Å². The van der Waals surface area contributed by atoms with Gasteiger partial charge >= 0.3 is 5.97 Å². The third kappa shape index (κ3) is 4.31. The predicted octanol–water partition coefficient (Wildman–Crippen LogP) is 4.96. The van der Waals surface area contributed by atoms with E-state index < -0.39 is 0 Å². The maximum atomic E-state index is 12.1. The summed E-state index contributed by atoms with van der Waals surface area (Å²) in [5, 5.41) is 4.83. The Morgan fingerprint density at radius 2 is 1.94 bits per heavy atom. The Bertz CT molecular complexity index is 1090. The van der Waals surface area contributed by atoms with Gasteiger partial charge in [0.2, 0.25) is 5.95 Å². The first kappa shape index (κ1) is 21.2. The Kier molecular flexibility index (Phi) is 6.26. The minimum absolute atomic E-state index is 0.0142. The van der Waals surface area contributed by atoms with Crippen molar-refractivity contribution in [3.8, 4) is 0 Å². The molecule has 168 valence electrons. The zero-order chi connectivity index (χ0) is 21.9. The van der Waals surface area contributed by atoms with E-state index >= 15 is 0 Å². The second kappa shape index (κ2) is 9.45. The summed E-state index contributed by atoms with van der Waals surface area (Å²) in [6.45, 7) is 4.59. The summed E-state index contributed by atoms with van der Waals surface area (Å²) in [5.74, 6) is 1.63. The van der Waals surface area contributed by atoms with Gasteiger partial charge in [0, 0.05) is 24.5 Å². The molecule has 0 spiro atoms. The van der Waals surface area contributed by atoms with Gasteiger partial charge in [-0.2, -0.15) is 4.98 Å². The van der Waals surface area contributed by atoms with E-state index in [1.807, 2.05) is 24.3 Å². The zero-order valence-corrected chi connectivity index (χ0v) is 19.4. The molecular formula is C25H30N4O2S. The molecule has 32 heavy (non-hydrogen) atoms. The van der Waals surface area contributed by atoms with Gasteiger partial charge in [-0.05, 0) is 56.6 Å². The molecule has 5 rings (SSSR count). The van der Waals surface area contributed by atoms with Crippen molar-refractivity contribution in [1.82, 2.24) is 9.97 Å². The molecule has 0 amide bonds. The van der Waals surface area contributed by atoms with Crippen LogP contribution in [0.5, 0.6) is 0 Å². The highest BCUT2D eigenvalue weighted by Crippen LogP contribution is 2.40. The Morgan fingerprint density at radius 1 is 1.16 bits per heavy atom. The van der Waals surface area contributed by atoms with Gasteiger partial charge in [0.1, 0.15) is 10.6 Å². The number of esters is 1. The number of aryl methyl sites for hydroxylation is 2. The SMILES string of the molecule is CCOC(=O)C1CCN(c2nc(NCc3ccccc3)c3c4c(sc3n2)CCCC4)CC1. The van der Waals surface area contributed by atoms with Crippen LogP contribution < -0.4 is 10.2 Å². The van der Waals surface area contributed by atoms with Gasteiger partial charge in [-0.3, -0.25) is 4.79 Å². The fourth-order valence-corrected chi connectivity index (χ4v) is 6.03. The van der Waals surface area contributed by atoms with E-state index in [1.54, 1.807) is 0 Å². The number of rotatable bonds is 6. The van der Waals surface area contributed by atoms with E-state index in [0.29, 0.717) is 6.61 Å². The second-order valence-electron chi connectivity index (χ2n) is 8.62. The number of ether oxygens (including phenoxy) is 1. The van der Waals surface area contributed by atoms with Gasteiger partial charge < -0.3 is 15.0 Å². The van der Waals surface area contributed by atoms with Crippen molar-refractivity contribution in [3.05, 3.63) is 46.3 Å². The third-order valence-electron chi connectivity index (χ3n) is 6.50. The summed E-state index contributed by atoms with van der Waals surface area (Å²) in [5.41, 5.74) is 2.68. The maximum absolute atomic E-state index is 12.1. The molecule has 3 aromatic rings. The molecule has 1 fully saturated rings. The molecule has 2 aromatic heterocycles. The third-order valence-corrected chi connectivity index (χ3v) is 7.69. The molecule has 0 unspecified atom stereocenters. The lowest BCUT2D eigenvalue weighted by Gasteiger charge is -2.31. The molecule has 1 aliphatic carbocycles. The number of hydrogen-bond donors (Lipinski definition) is 1. The number of nitrogens with zero attached hydrogens (tertiary/aromatic N) is 3. The Balaban J connectivity index is 1.43. The van der Waals surface area contributed by atoms with Crippen molar-refractivity contribution < 1.29 is 9.53 Å². The number of fused-ring (bicyclic) bond motifs is 3. The van der Waals surface area contributed by atoms with E-state index in [9.17, 15) is 4.79 Å². The zero-order valence-electron chi connectivity index (χ0n) is 18.6. The van der Waals surface area contributed by atoms with Crippen LogP contribution in [0.1, 0.15) is 48.6 Å². The molecule has 1 aromatic carbocycles. The molecule has 2 aliphatic rings. The van der Waals surface area contributed by atoms with Gasteiger partial charge in [-0.15, -0.1) is 11.3 Å². The normalized spacial score (nSPS) is 16.7. The molecule has 6 nitrogen and oxygen atoms in total. The van der Waals surface area contributed by atoms with E-state index in [1.165, 1.54) is 34.2 Å². The average Bonchev–Trinajstić information content (AvgIpc) is 3.22. The monoisotopic (exact) mass is 450 g/mol. The lowest BCUT2D eigenvalue weighted by molar-refractivity contribution is -0.148. The molecule has 0 saturated carbocycles. The summed E-state index contributed by atoms with van der Waals surface area (Å²) in [7, 11) is 0. The molecule has 0 atom stereocenters. The minimum atomic E-state index is -0.0698. The number of carbonyl (C=O) groups excluding carboxylic acids is 1. The number of thiophene rings is 1. The average molecular weight is 451 g/mol. The maximum Gasteiger partial charge on any atom is 0.309 e. The van der Waals surface area contributed by atoms with Gasteiger partial charge in [-0.1, -0.05) is 30.3 Å². The lowest BCUT2D eigenvalue weighted by atomic mass is 9.96. The number of aromatic nitrogens is 2. The van der Waals surface area contributed by atoms with Crippen LogP contribution in [-0.4, -0.2) is 35.6 Å². The van der Waals surface area contributed by atoms with Crippen LogP contribution >= 0.6 is 11.3 Å². The standard InChI is InChI=1S/C25H30N4O2S/c1-2-31-24(30)18-12-14-29(15-13-18)25-27-22(26-16-17-8-4-3-5-9-17)21-19-10-6-7-11-20(19)32-23(21)28-25/h3-5,8-9,18H,2,6-7,10-16H2,1H3,(H,26,27,28). The van der Waals surface area contributed by atoms with E-state index in [4.69, 9.17) is 14.7 Å². The van der Waals surface area contributed by atoms with Crippen LogP contribution in [-0.2, 0) is 28.9 Å². The highest BCUT2D eigenvalue weighted by Gasteiger charge is 2.28. The molecule has 1 N–H and O–H groups in total. The van der Waals surface area contributed by atoms with Crippen molar-refractivity contribution >= 4 is 39.3 Å². The Morgan fingerprint density at radius 3 is 2.72 bits per heavy atom.